The normalized spacial score (nSPS) is 17.7. The van der Waals surface area contributed by atoms with Crippen LogP contribution in [0.3, 0.4) is 0 Å². The number of sulfonamides is 1. The highest BCUT2D eigenvalue weighted by Crippen LogP contribution is 2.37. The van der Waals surface area contributed by atoms with Crippen LogP contribution in [0.5, 0.6) is 0 Å². The minimum Gasteiger partial charge on any atom is -0.355 e. The minimum absolute atomic E-state index is 0.0102. The molecule has 1 fully saturated rings. The Labute approximate surface area is 181 Å². The smallest absolute Gasteiger partial charge is 0.240 e. The van der Waals surface area contributed by atoms with Gasteiger partial charge in [0.1, 0.15) is 5.82 Å². The molecule has 3 N–H and O–H groups in total. The van der Waals surface area contributed by atoms with E-state index >= 15 is 0 Å². The molecule has 2 unspecified atom stereocenters. The molecule has 7 nitrogen and oxygen atoms in total. The van der Waals surface area contributed by atoms with Crippen LogP contribution < -0.4 is 15.4 Å². The summed E-state index contributed by atoms with van der Waals surface area (Å²) in [5, 5.41) is 5.48. The summed E-state index contributed by atoms with van der Waals surface area (Å²) in [5.74, 6) is -0.190. The molecule has 0 bridgehead atoms. The van der Waals surface area contributed by atoms with Crippen LogP contribution >= 0.6 is 0 Å². The summed E-state index contributed by atoms with van der Waals surface area (Å²) in [7, 11) is -3.80. The van der Waals surface area contributed by atoms with Gasteiger partial charge < -0.3 is 10.6 Å². The van der Waals surface area contributed by atoms with Crippen molar-refractivity contribution >= 4 is 21.8 Å². The lowest BCUT2D eigenvalue weighted by atomic mass is 10.2. The SMILES string of the molecule is CC1CC1C(=O)NCCC(=O)NCc1cccc(S(=O)(=O)NCc2cccc(F)c2)c1. The first-order valence-corrected chi connectivity index (χ1v) is 11.6. The molecule has 1 saturated carbocycles. The quantitative estimate of drug-likeness (QED) is 0.519. The molecular formula is C22H26FN3O4S. The molecule has 3 rings (SSSR count). The Hall–Kier alpha value is -2.78. The molecule has 2 aromatic carbocycles. The molecule has 0 aromatic heterocycles. The number of hydrogen-bond acceptors (Lipinski definition) is 4. The van der Waals surface area contributed by atoms with Gasteiger partial charge in [0.15, 0.2) is 0 Å². The van der Waals surface area contributed by atoms with Crippen molar-refractivity contribution in [1.29, 1.82) is 0 Å². The lowest BCUT2D eigenvalue weighted by Gasteiger charge is -2.10. The van der Waals surface area contributed by atoms with Crippen molar-refractivity contribution < 1.29 is 22.4 Å². The van der Waals surface area contributed by atoms with E-state index in [-0.39, 0.29) is 48.7 Å². The fraction of sp³-hybridized carbons (Fsp3) is 0.364. The summed E-state index contributed by atoms with van der Waals surface area (Å²) in [6.07, 6.45) is 1.05. The highest BCUT2D eigenvalue weighted by molar-refractivity contribution is 7.89. The minimum atomic E-state index is -3.80. The summed E-state index contributed by atoms with van der Waals surface area (Å²) >= 11 is 0. The molecule has 2 amide bonds. The number of nitrogens with one attached hydrogen (secondary N) is 3. The molecule has 166 valence electrons. The molecule has 1 aliphatic carbocycles. The summed E-state index contributed by atoms with van der Waals surface area (Å²) in [6.45, 7) is 2.42. The van der Waals surface area contributed by atoms with Crippen molar-refractivity contribution in [1.82, 2.24) is 15.4 Å². The first-order chi connectivity index (χ1) is 14.7. The first-order valence-electron chi connectivity index (χ1n) is 10.1. The molecule has 0 spiro atoms. The van der Waals surface area contributed by atoms with Gasteiger partial charge in [0.2, 0.25) is 21.8 Å². The molecule has 9 heteroatoms. The van der Waals surface area contributed by atoms with Gasteiger partial charge in [-0.15, -0.1) is 0 Å². The van der Waals surface area contributed by atoms with Gasteiger partial charge in [0, 0.05) is 32.0 Å². The van der Waals surface area contributed by atoms with E-state index in [9.17, 15) is 22.4 Å². The summed E-state index contributed by atoms with van der Waals surface area (Å²) in [6, 6.07) is 11.9. The number of carbonyl (C=O) groups is 2. The number of amides is 2. The van der Waals surface area contributed by atoms with E-state index in [1.807, 2.05) is 6.92 Å². The Morgan fingerprint density at radius 1 is 1.03 bits per heavy atom. The highest BCUT2D eigenvalue weighted by atomic mass is 32.2. The predicted molar refractivity (Wildman–Crippen MR) is 114 cm³/mol. The number of rotatable bonds is 10. The number of halogens is 1. The van der Waals surface area contributed by atoms with Gasteiger partial charge in [-0.05, 0) is 47.7 Å². The van der Waals surface area contributed by atoms with Gasteiger partial charge in [-0.1, -0.05) is 31.2 Å². The summed E-state index contributed by atoms with van der Waals surface area (Å²) in [4.78, 5) is 23.8. The van der Waals surface area contributed by atoms with E-state index in [1.54, 1.807) is 18.2 Å². The van der Waals surface area contributed by atoms with Crippen molar-refractivity contribution in [2.24, 2.45) is 11.8 Å². The lowest BCUT2D eigenvalue weighted by Crippen LogP contribution is -2.31. The number of hydrogen-bond donors (Lipinski definition) is 3. The van der Waals surface area contributed by atoms with Gasteiger partial charge in [-0.3, -0.25) is 9.59 Å². The van der Waals surface area contributed by atoms with Crippen molar-refractivity contribution in [2.45, 2.75) is 37.8 Å². The molecular weight excluding hydrogens is 421 g/mol. The molecule has 0 aliphatic heterocycles. The van der Waals surface area contributed by atoms with E-state index in [0.29, 0.717) is 17.0 Å². The highest BCUT2D eigenvalue weighted by Gasteiger charge is 2.38. The second kappa shape index (κ2) is 10.0. The Morgan fingerprint density at radius 3 is 2.39 bits per heavy atom. The van der Waals surface area contributed by atoms with E-state index in [2.05, 4.69) is 15.4 Å². The Bertz CT molecular complexity index is 1060. The molecule has 1 aliphatic rings. The van der Waals surface area contributed by atoms with Gasteiger partial charge in [0.05, 0.1) is 4.90 Å². The largest absolute Gasteiger partial charge is 0.355 e. The standard InChI is InChI=1S/C22H26FN3O4S/c1-15-10-20(15)22(28)24-9-8-21(27)25-13-17-5-3-7-19(12-17)31(29,30)26-14-16-4-2-6-18(23)11-16/h2-7,11-12,15,20,26H,8-10,13-14H2,1H3,(H,24,28)(H,25,27). The van der Waals surface area contributed by atoms with Gasteiger partial charge in [0.25, 0.3) is 0 Å². The Kier molecular flexibility index (Phi) is 7.40. The fourth-order valence-electron chi connectivity index (χ4n) is 3.14. The summed E-state index contributed by atoms with van der Waals surface area (Å²) in [5.41, 5.74) is 1.13. The molecule has 2 aromatic rings. The fourth-order valence-corrected chi connectivity index (χ4v) is 4.23. The van der Waals surface area contributed by atoms with Crippen LogP contribution in [0, 0.1) is 17.7 Å². The molecule has 2 atom stereocenters. The first kappa shape index (κ1) is 22.9. The third-order valence-electron chi connectivity index (χ3n) is 5.15. The van der Waals surface area contributed by atoms with Crippen LogP contribution in [-0.2, 0) is 32.7 Å². The number of benzene rings is 2. The predicted octanol–water partition coefficient (Wildman–Crippen LogP) is 2.08. The van der Waals surface area contributed by atoms with E-state index in [4.69, 9.17) is 0 Å². The van der Waals surface area contributed by atoms with E-state index < -0.39 is 15.8 Å². The maximum Gasteiger partial charge on any atom is 0.240 e. The maximum absolute atomic E-state index is 13.3. The second-order valence-corrected chi connectivity index (χ2v) is 9.51. The van der Waals surface area contributed by atoms with E-state index in [1.165, 1.54) is 30.3 Å². The van der Waals surface area contributed by atoms with Crippen LogP contribution in [-0.4, -0.2) is 26.8 Å². The Balaban J connectivity index is 1.47. The zero-order valence-electron chi connectivity index (χ0n) is 17.2. The average molecular weight is 448 g/mol. The second-order valence-electron chi connectivity index (χ2n) is 7.74. The third kappa shape index (κ3) is 6.86. The van der Waals surface area contributed by atoms with Gasteiger partial charge in [-0.2, -0.15) is 0 Å². The third-order valence-corrected chi connectivity index (χ3v) is 6.55. The topological polar surface area (TPSA) is 104 Å². The van der Waals surface area contributed by atoms with Crippen LogP contribution in [0.2, 0.25) is 0 Å². The van der Waals surface area contributed by atoms with Crippen molar-refractivity contribution in [3.8, 4) is 0 Å². The zero-order chi connectivity index (χ0) is 22.4. The van der Waals surface area contributed by atoms with Crippen LogP contribution in [0.4, 0.5) is 4.39 Å². The van der Waals surface area contributed by atoms with Crippen LogP contribution in [0.1, 0.15) is 30.9 Å². The zero-order valence-corrected chi connectivity index (χ0v) is 18.0. The molecule has 31 heavy (non-hydrogen) atoms. The van der Waals surface area contributed by atoms with Crippen LogP contribution in [0.15, 0.2) is 53.4 Å². The van der Waals surface area contributed by atoms with Crippen molar-refractivity contribution in [3.05, 3.63) is 65.5 Å². The molecule has 0 saturated heterocycles. The number of carbonyl (C=O) groups excluding carboxylic acids is 2. The van der Waals surface area contributed by atoms with Crippen LogP contribution in [0.25, 0.3) is 0 Å². The lowest BCUT2D eigenvalue weighted by molar-refractivity contribution is -0.123. The summed E-state index contributed by atoms with van der Waals surface area (Å²) < 4.78 is 40.8. The monoisotopic (exact) mass is 447 g/mol. The Morgan fingerprint density at radius 2 is 1.71 bits per heavy atom. The molecule has 0 heterocycles. The van der Waals surface area contributed by atoms with Crippen molar-refractivity contribution in [3.63, 3.8) is 0 Å². The average Bonchev–Trinajstić information content (AvgIpc) is 3.48. The maximum atomic E-state index is 13.3. The van der Waals surface area contributed by atoms with E-state index in [0.717, 1.165) is 6.42 Å². The van der Waals surface area contributed by atoms with Crippen molar-refractivity contribution in [2.75, 3.05) is 6.54 Å². The van der Waals surface area contributed by atoms with Gasteiger partial charge >= 0.3 is 0 Å². The van der Waals surface area contributed by atoms with Gasteiger partial charge in [-0.25, -0.2) is 17.5 Å². The molecule has 0 radical (unpaired) electrons.